The van der Waals surface area contributed by atoms with Crippen LogP contribution in [-0.4, -0.2) is 13.7 Å². The van der Waals surface area contributed by atoms with Crippen LogP contribution in [0.1, 0.15) is 50.3 Å². The van der Waals surface area contributed by atoms with Gasteiger partial charge in [-0.2, -0.15) is 0 Å². The summed E-state index contributed by atoms with van der Waals surface area (Å²) in [6, 6.07) is 4.48. The van der Waals surface area contributed by atoms with Crippen molar-refractivity contribution in [2.75, 3.05) is 13.7 Å². The first-order valence-corrected chi connectivity index (χ1v) is 6.78. The van der Waals surface area contributed by atoms with Gasteiger partial charge in [0.2, 0.25) is 0 Å². The maximum Gasteiger partial charge on any atom is 0.122 e. The summed E-state index contributed by atoms with van der Waals surface area (Å²) in [6.45, 7) is 9.62. The van der Waals surface area contributed by atoms with Crippen LogP contribution >= 0.6 is 0 Å². The highest BCUT2D eigenvalue weighted by Crippen LogP contribution is 2.34. The third-order valence-electron chi connectivity index (χ3n) is 3.37. The quantitative estimate of drug-likeness (QED) is 0.809. The van der Waals surface area contributed by atoms with E-state index < -0.39 is 0 Å². The predicted octanol–water partition coefficient (Wildman–Crippen LogP) is 3.58. The molecule has 102 valence electrons. The third-order valence-corrected chi connectivity index (χ3v) is 3.37. The smallest absolute Gasteiger partial charge is 0.122 e. The molecule has 1 aromatic rings. The first kappa shape index (κ1) is 15.0. The summed E-state index contributed by atoms with van der Waals surface area (Å²) in [5, 5.41) is 0. The highest BCUT2D eigenvalue weighted by Gasteiger charge is 2.20. The van der Waals surface area contributed by atoms with Crippen molar-refractivity contribution < 1.29 is 4.74 Å². The van der Waals surface area contributed by atoms with E-state index in [1.165, 1.54) is 16.7 Å². The number of nitrogens with two attached hydrogens (primary N) is 1. The van der Waals surface area contributed by atoms with E-state index in [-0.39, 0.29) is 5.41 Å². The normalized spacial score (nSPS) is 11.7. The van der Waals surface area contributed by atoms with E-state index >= 15 is 0 Å². The van der Waals surface area contributed by atoms with Gasteiger partial charge < -0.3 is 10.5 Å². The molecule has 0 aromatic heterocycles. The molecule has 0 bridgehead atoms. The Kier molecular flexibility index (Phi) is 5.21. The van der Waals surface area contributed by atoms with Crippen molar-refractivity contribution in [3.05, 3.63) is 28.8 Å². The van der Waals surface area contributed by atoms with Crippen LogP contribution in [0.5, 0.6) is 5.75 Å². The topological polar surface area (TPSA) is 35.2 Å². The van der Waals surface area contributed by atoms with E-state index in [2.05, 4.69) is 39.8 Å². The van der Waals surface area contributed by atoms with Crippen LogP contribution in [0.25, 0.3) is 0 Å². The number of unbranched alkanes of at least 4 members (excludes halogenated alkanes) is 1. The number of hydrogen-bond acceptors (Lipinski definition) is 2. The minimum absolute atomic E-state index is 0.117. The number of methoxy groups -OCH3 is 1. The molecule has 2 nitrogen and oxygen atoms in total. The van der Waals surface area contributed by atoms with Crippen molar-refractivity contribution in [2.24, 2.45) is 5.73 Å². The maximum absolute atomic E-state index is 5.55. The Morgan fingerprint density at radius 2 is 1.83 bits per heavy atom. The van der Waals surface area contributed by atoms with E-state index in [4.69, 9.17) is 10.5 Å². The molecule has 0 unspecified atom stereocenters. The lowest BCUT2D eigenvalue weighted by Gasteiger charge is -2.24. The largest absolute Gasteiger partial charge is 0.496 e. The molecule has 0 aliphatic heterocycles. The Labute approximate surface area is 112 Å². The Hall–Kier alpha value is -1.02. The lowest BCUT2D eigenvalue weighted by atomic mass is 9.84. The molecule has 2 heteroatoms. The fraction of sp³-hybridized carbons (Fsp3) is 0.625. The molecule has 0 saturated heterocycles. The third kappa shape index (κ3) is 3.74. The highest BCUT2D eigenvalue weighted by atomic mass is 16.5. The molecule has 0 atom stereocenters. The van der Waals surface area contributed by atoms with Gasteiger partial charge >= 0.3 is 0 Å². The average molecular weight is 249 g/mol. The maximum atomic E-state index is 5.55. The first-order valence-electron chi connectivity index (χ1n) is 6.78. The summed E-state index contributed by atoms with van der Waals surface area (Å²) in [4.78, 5) is 0. The van der Waals surface area contributed by atoms with Gasteiger partial charge in [0.25, 0.3) is 0 Å². The molecule has 18 heavy (non-hydrogen) atoms. The zero-order valence-corrected chi connectivity index (χ0v) is 12.5. The number of rotatable bonds is 5. The molecular weight excluding hydrogens is 222 g/mol. The van der Waals surface area contributed by atoms with Gasteiger partial charge in [-0.3, -0.25) is 0 Å². The zero-order chi connectivity index (χ0) is 13.8. The highest BCUT2D eigenvalue weighted by molar-refractivity contribution is 5.45. The minimum atomic E-state index is 0.117. The second-order valence-corrected chi connectivity index (χ2v) is 5.97. The van der Waals surface area contributed by atoms with Gasteiger partial charge in [0.15, 0.2) is 0 Å². The van der Waals surface area contributed by atoms with Gasteiger partial charge in [-0.25, -0.2) is 0 Å². The van der Waals surface area contributed by atoms with Gasteiger partial charge in [0.1, 0.15) is 5.75 Å². The molecule has 0 aliphatic rings. The Balaban J connectivity index is 3.03. The van der Waals surface area contributed by atoms with E-state index in [0.717, 1.165) is 31.6 Å². The molecule has 0 saturated carbocycles. The van der Waals surface area contributed by atoms with Crippen LogP contribution < -0.4 is 10.5 Å². The molecule has 1 rings (SSSR count). The van der Waals surface area contributed by atoms with E-state index in [1.54, 1.807) is 7.11 Å². The Morgan fingerprint density at radius 1 is 1.17 bits per heavy atom. The summed E-state index contributed by atoms with van der Waals surface area (Å²) in [6.07, 6.45) is 3.32. The number of hydrogen-bond donors (Lipinski definition) is 1. The fourth-order valence-corrected chi connectivity index (χ4v) is 2.21. The number of ether oxygens (including phenoxy) is 1. The lowest BCUT2D eigenvalue weighted by molar-refractivity contribution is 0.396. The fourth-order valence-electron chi connectivity index (χ4n) is 2.21. The van der Waals surface area contributed by atoms with Gasteiger partial charge in [0.05, 0.1) is 7.11 Å². The second-order valence-electron chi connectivity index (χ2n) is 5.97. The van der Waals surface area contributed by atoms with E-state index in [0.29, 0.717) is 0 Å². The van der Waals surface area contributed by atoms with Crippen LogP contribution in [0.2, 0.25) is 0 Å². The van der Waals surface area contributed by atoms with E-state index in [1.807, 2.05) is 0 Å². The van der Waals surface area contributed by atoms with Crippen LogP contribution in [-0.2, 0) is 11.8 Å². The van der Waals surface area contributed by atoms with Gasteiger partial charge in [-0.15, -0.1) is 0 Å². The van der Waals surface area contributed by atoms with Crippen molar-refractivity contribution in [3.8, 4) is 5.75 Å². The summed E-state index contributed by atoms with van der Waals surface area (Å²) in [5.41, 5.74) is 9.68. The molecular formula is C16H27NO. The molecule has 2 N–H and O–H groups in total. The summed E-state index contributed by atoms with van der Waals surface area (Å²) in [7, 11) is 1.75. The first-order chi connectivity index (χ1) is 8.40. The van der Waals surface area contributed by atoms with E-state index in [9.17, 15) is 0 Å². The van der Waals surface area contributed by atoms with Gasteiger partial charge in [0, 0.05) is 0 Å². The molecule has 0 aliphatic carbocycles. The number of benzene rings is 1. The Bertz CT molecular complexity index is 391. The van der Waals surface area contributed by atoms with Crippen LogP contribution in [0.3, 0.4) is 0 Å². The molecule has 0 radical (unpaired) electrons. The van der Waals surface area contributed by atoms with Gasteiger partial charge in [-0.05, 0) is 60.9 Å². The lowest BCUT2D eigenvalue weighted by Crippen LogP contribution is -2.14. The van der Waals surface area contributed by atoms with Crippen molar-refractivity contribution in [2.45, 2.75) is 52.4 Å². The van der Waals surface area contributed by atoms with Crippen molar-refractivity contribution in [1.82, 2.24) is 0 Å². The summed E-state index contributed by atoms with van der Waals surface area (Å²) in [5.74, 6) is 1.01. The second kappa shape index (κ2) is 6.24. The van der Waals surface area contributed by atoms with Crippen molar-refractivity contribution >= 4 is 0 Å². The molecule has 0 spiro atoms. The van der Waals surface area contributed by atoms with Crippen molar-refractivity contribution in [1.29, 1.82) is 0 Å². The number of aryl methyl sites for hydroxylation is 2. The van der Waals surface area contributed by atoms with Crippen molar-refractivity contribution in [3.63, 3.8) is 0 Å². The van der Waals surface area contributed by atoms with Gasteiger partial charge in [-0.1, -0.05) is 26.8 Å². The van der Waals surface area contributed by atoms with Crippen LogP contribution in [0, 0.1) is 6.92 Å². The molecule has 0 amide bonds. The SMILES string of the molecule is COc1cc(CCCCN)c(C)cc1C(C)(C)C. The Morgan fingerprint density at radius 3 is 2.33 bits per heavy atom. The molecule has 0 heterocycles. The standard InChI is InChI=1S/C16H27NO/c1-12-10-14(16(2,3)4)15(18-5)11-13(12)8-6-7-9-17/h10-11H,6-9,17H2,1-5H3. The molecule has 0 fully saturated rings. The van der Waals surface area contributed by atoms with Crippen LogP contribution in [0.15, 0.2) is 12.1 Å². The zero-order valence-electron chi connectivity index (χ0n) is 12.5. The monoisotopic (exact) mass is 249 g/mol. The predicted molar refractivity (Wildman–Crippen MR) is 78.4 cm³/mol. The summed E-state index contributed by atoms with van der Waals surface area (Å²) < 4.78 is 5.55. The van der Waals surface area contributed by atoms with Crippen LogP contribution in [0.4, 0.5) is 0 Å². The summed E-state index contributed by atoms with van der Waals surface area (Å²) >= 11 is 0. The average Bonchev–Trinajstić information content (AvgIpc) is 2.29. The minimum Gasteiger partial charge on any atom is -0.496 e. The molecule has 1 aromatic carbocycles.